The van der Waals surface area contributed by atoms with Gasteiger partial charge in [0.25, 0.3) is 5.91 Å². The molecule has 5 rings (SSSR count). The fourth-order valence-corrected chi connectivity index (χ4v) is 4.73. The number of amides is 1. The van der Waals surface area contributed by atoms with Gasteiger partial charge in [0.15, 0.2) is 0 Å². The van der Waals surface area contributed by atoms with Gasteiger partial charge in [-0.1, -0.05) is 31.9 Å². The molecule has 1 saturated carbocycles. The van der Waals surface area contributed by atoms with E-state index in [4.69, 9.17) is 0 Å². The maximum absolute atomic E-state index is 15.4. The van der Waals surface area contributed by atoms with Crippen LogP contribution in [0.15, 0.2) is 36.5 Å². The van der Waals surface area contributed by atoms with Crippen molar-refractivity contribution in [2.45, 2.75) is 45.7 Å². The second-order valence-corrected chi connectivity index (χ2v) is 8.78. The Morgan fingerprint density at radius 1 is 1.19 bits per heavy atom. The zero-order valence-corrected chi connectivity index (χ0v) is 17.3. The Balaban J connectivity index is 1.59. The summed E-state index contributed by atoms with van der Waals surface area (Å²) in [6, 6.07) is 10.8. The van der Waals surface area contributed by atoms with Crippen LogP contribution in [0.25, 0.3) is 22.4 Å². The van der Waals surface area contributed by atoms with Gasteiger partial charge in [-0.15, -0.1) is 0 Å². The fraction of sp³-hybridized carbons (Fsp3) is 0.333. The molecule has 2 aromatic heterocycles. The standard InChI is InChI=1S/C24H22FN5O/c1-24(8-2-3-9-24)14-30-22(25)20(13-28-30)18-7-6-17(11-26)29-21(18)15-4-5-16-12-27-23(31)19(16)10-15/h4-7,10,13H,2-3,8-9,12,14H2,1H3,(H,27,31). The maximum atomic E-state index is 15.4. The first kappa shape index (κ1) is 19.4. The first-order chi connectivity index (χ1) is 15.0. The minimum absolute atomic E-state index is 0.0588. The van der Waals surface area contributed by atoms with E-state index in [2.05, 4.69) is 22.3 Å². The van der Waals surface area contributed by atoms with Gasteiger partial charge >= 0.3 is 0 Å². The SMILES string of the molecule is CC1(Cn2ncc(-c3ccc(C#N)nc3-c3ccc4c(c3)C(=O)NC4)c2F)CCCC1. The van der Waals surface area contributed by atoms with Crippen LogP contribution in [0.2, 0.25) is 0 Å². The Bertz CT molecular complexity index is 1230. The molecule has 3 heterocycles. The highest BCUT2D eigenvalue weighted by Gasteiger charge is 2.31. The molecule has 2 aliphatic rings. The van der Waals surface area contributed by atoms with Gasteiger partial charge in [-0.3, -0.25) is 4.79 Å². The predicted octanol–water partition coefficient (Wildman–Crippen LogP) is 4.45. The fourth-order valence-electron chi connectivity index (χ4n) is 4.73. The van der Waals surface area contributed by atoms with Crippen molar-refractivity contribution in [3.8, 4) is 28.5 Å². The van der Waals surface area contributed by atoms with Crippen molar-refractivity contribution in [1.82, 2.24) is 20.1 Å². The quantitative estimate of drug-likeness (QED) is 0.683. The molecule has 0 radical (unpaired) electrons. The van der Waals surface area contributed by atoms with Crippen molar-refractivity contribution in [2.24, 2.45) is 5.41 Å². The molecule has 3 aromatic rings. The van der Waals surface area contributed by atoms with Crippen LogP contribution in [-0.2, 0) is 13.1 Å². The number of hydrogen-bond acceptors (Lipinski definition) is 4. The number of nitriles is 1. The monoisotopic (exact) mass is 415 g/mol. The molecular formula is C24H22FN5O. The van der Waals surface area contributed by atoms with Crippen LogP contribution in [0.3, 0.4) is 0 Å². The third-order valence-corrected chi connectivity index (χ3v) is 6.48. The van der Waals surface area contributed by atoms with E-state index in [9.17, 15) is 10.1 Å². The van der Waals surface area contributed by atoms with Crippen LogP contribution < -0.4 is 5.32 Å². The van der Waals surface area contributed by atoms with E-state index < -0.39 is 5.95 Å². The van der Waals surface area contributed by atoms with Gasteiger partial charge in [0.1, 0.15) is 11.8 Å². The molecule has 156 valence electrons. The van der Waals surface area contributed by atoms with Crippen LogP contribution in [0.4, 0.5) is 4.39 Å². The Morgan fingerprint density at radius 2 is 2.00 bits per heavy atom. The zero-order valence-electron chi connectivity index (χ0n) is 17.3. The van der Waals surface area contributed by atoms with E-state index in [1.54, 1.807) is 18.2 Å². The van der Waals surface area contributed by atoms with E-state index in [0.717, 1.165) is 18.4 Å². The predicted molar refractivity (Wildman–Crippen MR) is 113 cm³/mol. The summed E-state index contributed by atoms with van der Waals surface area (Å²) in [7, 11) is 0. The molecule has 31 heavy (non-hydrogen) atoms. The second-order valence-electron chi connectivity index (χ2n) is 8.78. The van der Waals surface area contributed by atoms with Gasteiger partial charge in [-0.25, -0.2) is 9.67 Å². The second kappa shape index (κ2) is 7.31. The van der Waals surface area contributed by atoms with Gasteiger partial charge in [0, 0.05) is 29.8 Å². The van der Waals surface area contributed by atoms with E-state index >= 15 is 4.39 Å². The number of nitrogens with one attached hydrogen (secondary N) is 1. The third-order valence-electron chi connectivity index (χ3n) is 6.48. The summed E-state index contributed by atoms with van der Waals surface area (Å²) in [5.41, 5.74) is 3.81. The van der Waals surface area contributed by atoms with Gasteiger partial charge in [0.2, 0.25) is 5.95 Å². The Morgan fingerprint density at radius 3 is 2.77 bits per heavy atom. The molecule has 0 saturated heterocycles. The molecule has 1 amide bonds. The number of hydrogen-bond donors (Lipinski definition) is 1. The lowest BCUT2D eigenvalue weighted by atomic mass is 9.89. The zero-order chi connectivity index (χ0) is 21.6. The molecule has 1 fully saturated rings. The van der Waals surface area contributed by atoms with Crippen molar-refractivity contribution in [1.29, 1.82) is 5.26 Å². The summed E-state index contributed by atoms with van der Waals surface area (Å²) in [5, 5.41) is 16.5. The largest absolute Gasteiger partial charge is 0.348 e. The average molecular weight is 415 g/mol. The lowest BCUT2D eigenvalue weighted by Crippen LogP contribution is -2.21. The number of carbonyl (C=O) groups excluding carboxylic acids is 1. The van der Waals surface area contributed by atoms with Crippen LogP contribution >= 0.6 is 0 Å². The molecule has 0 spiro atoms. The first-order valence-electron chi connectivity index (χ1n) is 10.5. The van der Waals surface area contributed by atoms with Crippen molar-refractivity contribution in [3.05, 3.63) is 59.3 Å². The Kier molecular flexibility index (Phi) is 4.58. The molecule has 0 atom stereocenters. The molecule has 1 aliphatic heterocycles. The highest BCUT2D eigenvalue weighted by Crippen LogP contribution is 2.40. The van der Waals surface area contributed by atoms with E-state index in [1.807, 2.05) is 18.2 Å². The smallest absolute Gasteiger partial charge is 0.251 e. The molecule has 1 N–H and O–H groups in total. The number of rotatable bonds is 4. The van der Waals surface area contributed by atoms with Crippen LogP contribution in [0.1, 0.15) is 54.2 Å². The van der Waals surface area contributed by atoms with E-state index in [1.165, 1.54) is 23.7 Å². The average Bonchev–Trinajstić information content (AvgIpc) is 3.48. The number of benzene rings is 1. The molecule has 7 heteroatoms. The van der Waals surface area contributed by atoms with E-state index in [-0.39, 0.29) is 17.0 Å². The normalized spacial score (nSPS) is 16.7. The molecule has 0 bridgehead atoms. The third kappa shape index (κ3) is 3.38. The number of aromatic nitrogens is 3. The van der Waals surface area contributed by atoms with Crippen molar-refractivity contribution >= 4 is 5.91 Å². The minimum Gasteiger partial charge on any atom is -0.348 e. The number of nitrogens with zero attached hydrogens (tertiary/aromatic N) is 4. The lowest BCUT2D eigenvalue weighted by Gasteiger charge is -2.23. The lowest BCUT2D eigenvalue weighted by molar-refractivity contribution is 0.0966. The maximum Gasteiger partial charge on any atom is 0.251 e. The van der Waals surface area contributed by atoms with Crippen LogP contribution in [0, 0.1) is 22.7 Å². The van der Waals surface area contributed by atoms with Gasteiger partial charge in [0.05, 0.1) is 17.5 Å². The van der Waals surface area contributed by atoms with Crippen LogP contribution in [0.5, 0.6) is 0 Å². The number of halogens is 1. The molecule has 6 nitrogen and oxygen atoms in total. The molecule has 0 unspecified atom stereocenters. The number of carbonyl (C=O) groups is 1. The van der Waals surface area contributed by atoms with Crippen LogP contribution in [-0.4, -0.2) is 20.7 Å². The summed E-state index contributed by atoms with van der Waals surface area (Å²) in [4.78, 5) is 16.6. The van der Waals surface area contributed by atoms with Crippen molar-refractivity contribution in [2.75, 3.05) is 0 Å². The van der Waals surface area contributed by atoms with Crippen molar-refractivity contribution in [3.63, 3.8) is 0 Å². The number of pyridine rings is 1. The molecule has 1 aliphatic carbocycles. The molecular weight excluding hydrogens is 393 g/mol. The molecule has 1 aromatic carbocycles. The highest BCUT2D eigenvalue weighted by atomic mass is 19.1. The minimum atomic E-state index is -0.403. The van der Waals surface area contributed by atoms with Gasteiger partial charge in [-0.2, -0.15) is 14.8 Å². The summed E-state index contributed by atoms with van der Waals surface area (Å²) in [5.74, 6) is -0.543. The van der Waals surface area contributed by atoms with Gasteiger partial charge < -0.3 is 5.32 Å². The summed E-state index contributed by atoms with van der Waals surface area (Å²) in [6.45, 7) is 3.22. The summed E-state index contributed by atoms with van der Waals surface area (Å²) in [6.07, 6.45) is 6.01. The van der Waals surface area contributed by atoms with Gasteiger partial charge in [-0.05, 0) is 42.0 Å². The first-order valence-corrected chi connectivity index (χ1v) is 10.5. The number of fused-ring (bicyclic) bond motifs is 1. The van der Waals surface area contributed by atoms with Crippen molar-refractivity contribution < 1.29 is 9.18 Å². The topological polar surface area (TPSA) is 83.6 Å². The Hall–Kier alpha value is -3.53. The summed E-state index contributed by atoms with van der Waals surface area (Å²) < 4.78 is 16.9. The van der Waals surface area contributed by atoms with E-state index in [0.29, 0.717) is 41.0 Å². The summed E-state index contributed by atoms with van der Waals surface area (Å²) >= 11 is 0. The Labute approximate surface area is 179 Å². The highest BCUT2D eigenvalue weighted by molar-refractivity contribution is 5.99.